The van der Waals surface area contributed by atoms with E-state index in [0.717, 1.165) is 30.0 Å². The summed E-state index contributed by atoms with van der Waals surface area (Å²) in [5, 5.41) is 103. The molecule has 6 fully saturated rings. The van der Waals surface area contributed by atoms with E-state index < -0.39 is 136 Å². The summed E-state index contributed by atoms with van der Waals surface area (Å²) >= 11 is 0. The lowest BCUT2D eigenvalue weighted by Gasteiger charge is -2.60. The summed E-state index contributed by atoms with van der Waals surface area (Å²) in [5.74, 6) is -5.20. The minimum Gasteiger partial charge on any atom is -0.425 e. The minimum atomic E-state index is -3.66. The Kier molecular flexibility index (Phi) is 19.3. The fourth-order valence-corrected chi connectivity index (χ4v) is 12.4. The average molecular weight is 1110 g/mol. The van der Waals surface area contributed by atoms with E-state index >= 15 is 0 Å². The standard InChI is InChI=1S/C25H41N2O10P.C24H39N2O10P/c1-5-17-19(28)18(26-3)21-22(20(17)29)36-23-25(31,37-21)24(30,10-14(2)35-23)13-27-11-15-6-8-16(9-7-15)12-34-38(4,32)33;1-5-16-18(27)17(25-3)20-21(19(16)28)34-22-24(30,35-20)23(29,10-13(2)33-22)12-26-11-14-6-8-15(9-7-14)36-37(4,31)32/h6-9,14,17-23,26-31H,5,10-13H2,1-4H3,(H,32,33);6-9,13,16-22,25-30H,5,10-12H2,1-4H3,(H,31,32)/t14-,17-,18+,19+,20+,21-,22-,23+,24-,25-;13-,16-,17+,18+,19+,20-,21-,22+,23-,24-/m11/s1. The van der Waals surface area contributed by atoms with Crippen LogP contribution in [0.5, 0.6) is 5.75 Å². The molecule has 2 saturated carbocycles. The third-order valence-electron chi connectivity index (χ3n) is 15.4. The number of hydrogen-bond acceptors (Lipinski definition) is 22. The maximum absolute atomic E-state index is 11.7. The number of fused-ring (bicyclic) bond motifs is 4. The normalized spacial score (nSPS) is 43.0. The lowest BCUT2D eigenvalue weighted by atomic mass is 9.74. The van der Waals surface area contributed by atoms with Crippen molar-refractivity contribution in [3.05, 3.63) is 65.2 Å². The lowest BCUT2D eigenvalue weighted by Crippen LogP contribution is -2.80. The molecular weight excluding hydrogens is 1030 g/mol. The highest BCUT2D eigenvalue weighted by Gasteiger charge is 2.70. The largest absolute Gasteiger partial charge is 0.425 e. The van der Waals surface area contributed by atoms with E-state index in [2.05, 4.69) is 21.3 Å². The number of aliphatic hydroxyl groups is 8. The van der Waals surface area contributed by atoms with Crippen LogP contribution in [0.3, 0.4) is 0 Å². The van der Waals surface area contributed by atoms with E-state index in [0.29, 0.717) is 25.9 Å². The Bertz CT molecular complexity index is 2290. The van der Waals surface area contributed by atoms with Gasteiger partial charge in [0.2, 0.25) is 24.2 Å². The van der Waals surface area contributed by atoms with Gasteiger partial charge in [0.05, 0.1) is 55.3 Å². The Morgan fingerprint density at radius 1 is 0.587 bits per heavy atom. The first-order valence-corrected chi connectivity index (χ1v) is 29.6. The van der Waals surface area contributed by atoms with E-state index in [4.69, 9.17) is 37.5 Å². The highest BCUT2D eigenvalue weighted by atomic mass is 31.2. The summed E-state index contributed by atoms with van der Waals surface area (Å²) < 4.78 is 68.7. The predicted octanol–water partition coefficient (Wildman–Crippen LogP) is -0.545. The van der Waals surface area contributed by atoms with Crippen LogP contribution in [0.4, 0.5) is 0 Å². The number of aliphatic hydroxyl groups excluding tert-OH is 4. The van der Waals surface area contributed by atoms with Gasteiger partial charge in [-0.05, 0) is 69.6 Å². The quantitative estimate of drug-likeness (QED) is 0.0884. The molecule has 0 aromatic heterocycles. The van der Waals surface area contributed by atoms with Gasteiger partial charge in [-0.1, -0.05) is 50.2 Å². The molecule has 14 N–H and O–H groups in total. The molecule has 24 nitrogen and oxygen atoms in total. The van der Waals surface area contributed by atoms with Crippen LogP contribution in [0.25, 0.3) is 0 Å². The van der Waals surface area contributed by atoms with E-state index in [1.807, 2.05) is 26.0 Å². The molecule has 2 aliphatic carbocycles. The SMILES string of the molecule is CC[C@@H]1[C@H](O)[C@H](NC)[C@H]2O[C@]3(O)[C@H](O[C@@H]2[C@H]1O)O[C@H](C)C[C@@]3(O)CNCc1ccc(COP(C)(=O)O)cc1.CC[C@@H]1[C@H](O)[C@H](NC)[C@H]2O[C@]3(O)[C@H](O[C@@H]2[C@H]1O)O[C@H](C)C[C@@]3(O)CNCc1ccc(OP(C)(=O)O)cc1. The number of hydrogen-bond donors (Lipinski definition) is 14. The zero-order valence-corrected chi connectivity index (χ0v) is 45.5. The molecular formula is C49H80N4O20P2. The zero-order chi connectivity index (χ0) is 55.1. The lowest BCUT2D eigenvalue weighted by molar-refractivity contribution is -0.483. The maximum atomic E-state index is 11.7. The molecule has 0 bridgehead atoms. The molecule has 0 amide bonds. The molecule has 2 unspecified atom stereocenters. The maximum Gasteiger partial charge on any atom is 0.373 e. The van der Waals surface area contributed by atoms with Gasteiger partial charge >= 0.3 is 15.2 Å². The molecule has 2 aromatic carbocycles. The molecule has 26 heteroatoms. The molecule has 4 heterocycles. The molecule has 4 saturated heterocycles. The number of benzene rings is 2. The Morgan fingerprint density at radius 2 is 0.973 bits per heavy atom. The van der Waals surface area contributed by atoms with Gasteiger partial charge in [-0.25, -0.2) is 4.57 Å². The van der Waals surface area contributed by atoms with Crippen molar-refractivity contribution in [2.75, 3.05) is 40.5 Å². The smallest absolute Gasteiger partial charge is 0.373 e. The van der Waals surface area contributed by atoms with Crippen molar-refractivity contribution < 1.29 is 97.2 Å². The molecule has 426 valence electrons. The first-order chi connectivity index (χ1) is 35.1. The molecule has 8 rings (SSSR count). The van der Waals surface area contributed by atoms with Crippen molar-refractivity contribution >= 4 is 15.2 Å². The number of ether oxygens (including phenoxy) is 6. The van der Waals surface area contributed by atoms with E-state index in [9.17, 15) is 59.8 Å². The van der Waals surface area contributed by atoms with Crippen LogP contribution in [-0.2, 0) is 61.8 Å². The predicted molar refractivity (Wildman–Crippen MR) is 268 cm³/mol. The van der Waals surface area contributed by atoms with Gasteiger partial charge in [-0.3, -0.25) is 4.57 Å². The Balaban J connectivity index is 0.000000219. The third-order valence-corrected chi connectivity index (χ3v) is 16.6. The van der Waals surface area contributed by atoms with E-state index in [1.165, 1.54) is 0 Å². The summed E-state index contributed by atoms with van der Waals surface area (Å²) in [7, 11) is -3.91. The van der Waals surface area contributed by atoms with Crippen LogP contribution in [0.15, 0.2) is 48.5 Å². The molecule has 0 radical (unpaired) electrons. The minimum absolute atomic E-state index is 0.0134. The number of nitrogens with one attached hydrogen (secondary N) is 4. The van der Waals surface area contributed by atoms with Crippen LogP contribution in [0.1, 0.15) is 70.1 Å². The first-order valence-electron chi connectivity index (χ1n) is 25.6. The van der Waals surface area contributed by atoms with Crippen molar-refractivity contribution in [1.82, 2.24) is 21.3 Å². The highest BCUT2D eigenvalue weighted by molar-refractivity contribution is 7.52. The van der Waals surface area contributed by atoms with Crippen LogP contribution >= 0.6 is 15.2 Å². The first kappa shape index (κ1) is 60.5. The van der Waals surface area contributed by atoms with Gasteiger partial charge in [0, 0.05) is 64.2 Å². The zero-order valence-electron chi connectivity index (χ0n) is 43.7. The third kappa shape index (κ3) is 12.9. The highest BCUT2D eigenvalue weighted by Crippen LogP contribution is 2.49. The van der Waals surface area contributed by atoms with Crippen molar-refractivity contribution in [3.8, 4) is 5.75 Å². The van der Waals surface area contributed by atoms with Gasteiger partial charge in [0.15, 0.2) is 0 Å². The van der Waals surface area contributed by atoms with Gasteiger partial charge in [0.1, 0.15) is 41.4 Å². The Morgan fingerprint density at radius 3 is 1.33 bits per heavy atom. The van der Waals surface area contributed by atoms with E-state index in [-0.39, 0.29) is 38.3 Å². The summed E-state index contributed by atoms with van der Waals surface area (Å²) in [6, 6.07) is 12.5. The summed E-state index contributed by atoms with van der Waals surface area (Å²) in [4.78, 5) is 18.6. The molecule has 6 aliphatic rings. The van der Waals surface area contributed by atoms with Crippen molar-refractivity contribution in [1.29, 1.82) is 0 Å². The molecule has 4 aliphatic heterocycles. The second-order valence-electron chi connectivity index (χ2n) is 21.2. The number of rotatable bonds is 17. The van der Waals surface area contributed by atoms with Crippen molar-refractivity contribution in [2.24, 2.45) is 11.8 Å². The van der Waals surface area contributed by atoms with Crippen LogP contribution in [-0.4, -0.2) is 200 Å². The molecule has 22 atom stereocenters. The molecule has 75 heavy (non-hydrogen) atoms. The van der Waals surface area contributed by atoms with Gasteiger partial charge in [-0.2, -0.15) is 0 Å². The fourth-order valence-electron chi connectivity index (χ4n) is 11.5. The van der Waals surface area contributed by atoms with Crippen molar-refractivity contribution in [2.45, 2.75) is 182 Å². The average Bonchev–Trinajstić information content (AvgIpc) is 3.32. The second kappa shape index (κ2) is 23.9. The van der Waals surface area contributed by atoms with Crippen LogP contribution < -0.4 is 25.8 Å². The topological polar surface area (TPSA) is 358 Å². The van der Waals surface area contributed by atoms with Crippen LogP contribution in [0.2, 0.25) is 0 Å². The number of likely N-dealkylation sites (N-methyl/N-ethyl adjacent to an activating group) is 2. The van der Waals surface area contributed by atoms with E-state index in [1.54, 1.807) is 64.3 Å². The Labute approximate surface area is 437 Å². The monoisotopic (exact) mass is 1110 g/mol. The summed E-state index contributed by atoms with van der Waals surface area (Å²) in [6.45, 7) is 10.0. The van der Waals surface area contributed by atoms with Gasteiger partial charge in [0.25, 0.3) is 0 Å². The van der Waals surface area contributed by atoms with Gasteiger partial charge in [-0.15, -0.1) is 0 Å². The Hall–Kier alpha value is -2.14. The molecule has 2 aromatic rings. The van der Waals surface area contributed by atoms with Crippen molar-refractivity contribution in [3.63, 3.8) is 0 Å². The van der Waals surface area contributed by atoms with Crippen LogP contribution in [0, 0.1) is 11.8 Å². The summed E-state index contributed by atoms with van der Waals surface area (Å²) in [5.41, 5.74) is -1.21. The van der Waals surface area contributed by atoms with Gasteiger partial charge < -0.3 is 109 Å². The summed E-state index contributed by atoms with van der Waals surface area (Å²) in [6.07, 6.45) is -10.2. The second-order valence-corrected chi connectivity index (χ2v) is 24.8. The fraction of sp³-hybridized carbons (Fsp3) is 0.755. The molecule has 0 spiro atoms.